The van der Waals surface area contributed by atoms with E-state index in [0.29, 0.717) is 5.95 Å². The molecule has 1 aromatic rings. The molecule has 0 unspecified atom stereocenters. The van der Waals surface area contributed by atoms with Crippen molar-refractivity contribution in [3.63, 3.8) is 0 Å². The van der Waals surface area contributed by atoms with Crippen LogP contribution in [0.5, 0.6) is 6.01 Å². The Kier molecular flexibility index (Phi) is 5.53. The molecular formula is C10H21N7O. The molecule has 18 heavy (non-hydrogen) atoms. The summed E-state index contributed by atoms with van der Waals surface area (Å²) in [6, 6.07) is 0.243. The molecule has 8 nitrogen and oxygen atoms in total. The van der Waals surface area contributed by atoms with Crippen LogP contribution in [0.15, 0.2) is 0 Å². The van der Waals surface area contributed by atoms with E-state index in [2.05, 4.69) is 25.3 Å². The molecule has 0 saturated heterocycles. The molecule has 102 valence electrons. The van der Waals surface area contributed by atoms with Crippen LogP contribution in [0.1, 0.15) is 6.42 Å². The van der Waals surface area contributed by atoms with E-state index >= 15 is 0 Å². The van der Waals surface area contributed by atoms with Crippen molar-refractivity contribution in [3.8, 4) is 6.01 Å². The minimum atomic E-state index is 0.243. The predicted molar refractivity (Wildman–Crippen MR) is 70.6 cm³/mol. The third kappa shape index (κ3) is 4.30. The smallest absolute Gasteiger partial charge is 0.322 e. The van der Waals surface area contributed by atoms with Gasteiger partial charge < -0.3 is 14.5 Å². The zero-order valence-electron chi connectivity index (χ0n) is 11.3. The molecule has 1 aromatic heterocycles. The zero-order valence-corrected chi connectivity index (χ0v) is 11.3. The molecule has 3 N–H and O–H groups in total. The van der Waals surface area contributed by atoms with Crippen LogP contribution in [-0.4, -0.2) is 61.2 Å². The second kappa shape index (κ2) is 6.92. The Morgan fingerprint density at radius 2 is 1.89 bits per heavy atom. The highest BCUT2D eigenvalue weighted by molar-refractivity contribution is 5.36. The van der Waals surface area contributed by atoms with Crippen LogP contribution in [0.3, 0.4) is 0 Å². The molecule has 0 aliphatic carbocycles. The number of nitrogens with two attached hydrogens (primary N) is 1. The SMILES string of the molecule is COc1nc(NN)nc(N(C)CCCN(C)C)n1. The highest BCUT2D eigenvalue weighted by Gasteiger charge is 2.10. The standard InChI is InChI=1S/C10H21N7O/c1-16(2)6-5-7-17(3)9-12-8(15-11)13-10(14-9)18-4/h5-7,11H2,1-4H3,(H,12,13,14,15). The summed E-state index contributed by atoms with van der Waals surface area (Å²) in [5.74, 6) is 6.12. The maximum atomic E-state index is 5.30. The Balaban J connectivity index is 2.68. The van der Waals surface area contributed by atoms with Gasteiger partial charge in [-0.15, -0.1) is 0 Å². The van der Waals surface area contributed by atoms with Crippen LogP contribution < -0.4 is 20.9 Å². The summed E-state index contributed by atoms with van der Waals surface area (Å²) in [4.78, 5) is 16.4. The van der Waals surface area contributed by atoms with Gasteiger partial charge in [-0.3, -0.25) is 5.43 Å². The third-order valence-corrected chi connectivity index (χ3v) is 2.36. The Labute approximate surface area is 107 Å². The molecular weight excluding hydrogens is 234 g/mol. The fourth-order valence-electron chi connectivity index (χ4n) is 1.40. The Bertz CT molecular complexity index is 349. The molecule has 0 fully saturated rings. The maximum absolute atomic E-state index is 5.30. The summed E-state index contributed by atoms with van der Waals surface area (Å²) in [5.41, 5.74) is 2.39. The van der Waals surface area contributed by atoms with Gasteiger partial charge in [0, 0.05) is 13.6 Å². The average Bonchev–Trinajstić information content (AvgIpc) is 2.37. The van der Waals surface area contributed by atoms with Gasteiger partial charge >= 0.3 is 6.01 Å². The molecule has 0 saturated carbocycles. The number of nitrogens with one attached hydrogen (secondary N) is 1. The quantitative estimate of drug-likeness (QED) is 0.500. The summed E-state index contributed by atoms with van der Waals surface area (Å²) in [6.07, 6.45) is 1.02. The number of methoxy groups -OCH3 is 1. The van der Waals surface area contributed by atoms with Gasteiger partial charge in [0.15, 0.2) is 0 Å². The number of aromatic nitrogens is 3. The molecule has 1 rings (SSSR count). The predicted octanol–water partition coefficient (Wildman–Crippen LogP) is -0.446. The van der Waals surface area contributed by atoms with Crippen LogP contribution in [0.25, 0.3) is 0 Å². The summed E-state index contributed by atoms with van der Waals surface area (Å²) in [5, 5.41) is 0. The van der Waals surface area contributed by atoms with Crippen molar-refractivity contribution in [2.24, 2.45) is 5.84 Å². The highest BCUT2D eigenvalue weighted by Crippen LogP contribution is 2.13. The lowest BCUT2D eigenvalue weighted by Gasteiger charge is -2.18. The first-order valence-corrected chi connectivity index (χ1v) is 5.69. The summed E-state index contributed by atoms with van der Waals surface area (Å²) in [6.45, 7) is 1.85. The fraction of sp³-hybridized carbons (Fsp3) is 0.700. The fourth-order valence-corrected chi connectivity index (χ4v) is 1.40. The molecule has 8 heteroatoms. The molecule has 0 atom stereocenters. The van der Waals surface area contributed by atoms with Crippen molar-refractivity contribution in [1.82, 2.24) is 19.9 Å². The highest BCUT2D eigenvalue weighted by atomic mass is 16.5. The summed E-state index contributed by atoms with van der Waals surface area (Å²) >= 11 is 0. The topological polar surface area (TPSA) is 92.4 Å². The first kappa shape index (κ1) is 14.4. The van der Waals surface area contributed by atoms with Crippen molar-refractivity contribution in [2.45, 2.75) is 6.42 Å². The molecule has 0 amide bonds. The van der Waals surface area contributed by atoms with E-state index in [-0.39, 0.29) is 12.0 Å². The van der Waals surface area contributed by atoms with E-state index in [1.165, 1.54) is 7.11 Å². The minimum absolute atomic E-state index is 0.243. The van der Waals surface area contributed by atoms with E-state index in [1.54, 1.807) is 0 Å². The Morgan fingerprint density at radius 3 is 2.44 bits per heavy atom. The van der Waals surface area contributed by atoms with Crippen molar-refractivity contribution in [2.75, 3.05) is 51.7 Å². The van der Waals surface area contributed by atoms with E-state index < -0.39 is 0 Å². The summed E-state index contributed by atoms with van der Waals surface area (Å²) in [7, 11) is 7.51. The van der Waals surface area contributed by atoms with Gasteiger partial charge in [-0.1, -0.05) is 0 Å². The number of hydrogen-bond acceptors (Lipinski definition) is 8. The number of rotatable bonds is 7. The van der Waals surface area contributed by atoms with Crippen LogP contribution >= 0.6 is 0 Å². The second-order valence-corrected chi connectivity index (χ2v) is 4.17. The van der Waals surface area contributed by atoms with Gasteiger partial charge in [-0.25, -0.2) is 5.84 Å². The van der Waals surface area contributed by atoms with Crippen LogP contribution in [0.2, 0.25) is 0 Å². The lowest BCUT2D eigenvalue weighted by atomic mass is 10.4. The van der Waals surface area contributed by atoms with Crippen molar-refractivity contribution >= 4 is 11.9 Å². The van der Waals surface area contributed by atoms with Crippen LogP contribution in [0.4, 0.5) is 11.9 Å². The lowest BCUT2D eigenvalue weighted by Crippen LogP contribution is -2.25. The number of ether oxygens (including phenoxy) is 1. The summed E-state index contributed by atoms with van der Waals surface area (Å²) < 4.78 is 5.00. The number of hydrogen-bond donors (Lipinski definition) is 2. The molecule has 0 radical (unpaired) electrons. The molecule has 1 heterocycles. The molecule has 0 spiro atoms. The number of nitrogen functional groups attached to an aromatic ring is 1. The van der Waals surface area contributed by atoms with Gasteiger partial charge in [-0.2, -0.15) is 15.0 Å². The number of hydrazine groups is 1. The van der Waals surface area contributed by atoms with Gasteiger partial charge in [-0.05, 0) is 27.1 Å². The van der Waals surface area contributed by atoms with Crippen molar-refractivity contribution in [1.29, 1.82) is 0 Å². The van der Waals surface area contributed by atoms with Crippen LogP contribution in [0, 0.1) is 0 Å². The molecule has 0 aromatic carbocycles. The molecule has 0 aliphatic rings. The van der Waals surface area contributed by atoms with E-state index in [4.69, 9.17) is 10.6 Å². The lowest BCUT2D eigenvalue weighted by molar-refractivity contribution is 0.378. The van der Waals surface area contributed by atoms with E-state index in [9.17, 15) is 0 Å². The van der Waals surface area contributed by atoms with Crippen molar-refractivity contribution < 1.29 is 4.74 Å². The largest absolute Gasteiger partial charge is 0.467 e. The minimum Gasteiger partial charge on any atom is -0.467 e. The monoisotopic (exact) mass is 255 g/mol. The van der Waals surface area contributed by atoms with Crippen molar-refractivity contribution in [3.05, 3.63) is 0 Å². The Morgan fingerprint density at radius 1 is 1.17 bits per heavy atom. The number of nitrogens with zero attached hydrogens (tertiary/aromatic N) is 5. The number of anilines is 2. The first-order chi connectivity index (χ1) is 8.56. The second-order valence-electron chi connectivity index (χ2n) is 4.17. The van der Waals surface area contributed by atoms with E-state index in [0.717, 1.165) is 19.5 Å². The zero-order chi connectivity index (χ0) is 13.5. The Hall–Kier alpha value is -1.67. The van der Waals surface area contributed by atoms with Gasteiger partial charge in [0.2, 0.25) is 11.9 Å². The molecule has 0 bridgehead atoms. The third-order valence-electron chi connectivity index (χ3n) is 2.36. The van der Waals surface area contributed by atoms with Gasteiger partial charge in [0.05, 0.1) is 7.11 Å². The first-order valence-electron chi connectivity index (χ1n) is 5.69. The average molecular weight is 255 g/mol. The molecule has 0 aliphatic heterocycles. The van der Waals surface area contributed by atoms with Crippen LogP contribution in [-0.2, 0) is 0 Å². The van der Waals surface area contributed by atoms with E-state index in [1.807, 2.05) is 26.0 Å². The maximum Gasteiger partial charge on any atom is 0.322 e. The van der Waals surface area contributed by atoms with Gasteiger partial charge in [0.1, 0.15) is 0 Å². The van der Waals surface area contributed by atoms with Gasteiger partial charge in [0.25, 0.3) is 0 Å². The normalized spacial score (nSPS) is 10.6.